The summed E-state index contributed by atoms with van der Waals surface area (Å²) in [5.74, 6) is -2.20. The number of ether oxygens (including phenoxy) is 3. The van der Waals surface area contributed by atoms with Gasteiger partial charge < -0.3 is 93.8 Å². The first-order chi connectivity index (χ1) is 37.4. The molecule has 2 aliphatic heterocycles. The summed E-state index contributed by atoms with van der Waals surface area (Å²) in [6, 6.07) is 0. The van der Waals surface area contributed by atoms with Crippen molar-refractivity contribution in [1.82, 2.24) is 30.2 Å². The molecular weight excluding hydrogens is 1140 g/mol. The third kappa shape index (κ3) is 22.8. The number of carbonyl (C=O) groups is 4. The lowest BCUT2D eigenvalue weighted by atomic mass is 9.87. The normalized spacial score (nSPS) is 24.7. The number of imidazole rings is 1. The number of nitrogen functional groups attached to an aromatic ring is 1. The van der Waals surface area contributed by atoms with Gasteiger partial charge in [-0.25, -0.2) is 24.1 Å². The van der Waals surface area contributed by atoms with Crippen LogP contribution in [0.3, 0.4) is 0 Å². The van der Waals surface area contributed by atoms with Crippen molar-refractivity contribution in [3.8, 4) is 0 Å². The quantitative estimate of drug-likeness (QED) is 0.0138. The van der Waals surface area contributed by atoms with Crippen molar-refractivity contribution < 1.29 is 110 Å². The number of fused-ring (bicyclic) bond motifs is 1. The molecule has 454 valence electrons. The van der Waals surface area contributed by atoms with Crippen LogP contribution in [0, 0.1) is 17.3 Å². The number of thioether (sulfide) groups is 1. The lowest BCUT2D eigenvalue weighted by Gasteiger charge is -2.37. The van der Waals surface area contributed by atoms with Gasteiger partial charge in [0.25, 0.3) is 15.6 Å². The third-order valence-electron chi connectivity index (χ3n) is 12.8. The molecular formula is C46H72N7O23P3S-4. The van der Waals surface area contributed by atoms with Crippen LogP contribution in [0.15, 0.2) is 36.5 Å². The number of allylic oxidation sites excluding steroid dienone is 1. The number of rotatable bonds is 34. The molecule has 2 aliphatic rings. The zero-order chi connectivity index (χ0) is 59.6. The lowest BCUT2D eigenvalue weighted by Crippen LogP contribution is -2.50. The summed E-state index contributed by atoms with van der Waals surface area (Å²) < 4.78 is 72.0. The number of unbranched alkanes of at least 4 members (excludes halogenated alkanes) is 4. The Bertz CT molecular complexity index is 2570. The van der Waals surface area contributed by atoms with Crippen LogP contribution in [0.2, 0.25) is 0 Å². The highest BCUT2D eigenvalue weighted by Crippen LogP contribution is 2.56. The van der Waals surface area contributed by atoms with Crippen LogP contribution in [-0.4, -0.2) is 162 Å². The van der Waals surface area contributed by atoms with Crippen LogP contribution in [0.1, 0.15) is 98.6 Å². The number of esters is 1. The second-order valence-electron chi connectivity index (χ2n) is 20.0. The van der Waals surface area contributed by atoms with E-state index in [2.05, 4.69) is 43.5 Å². The summed E-state index contributed by atoms with van der Waals surface area (Å²) in [7, 11) is -17.7. The van der Waals surface area contributed by atoms with Gasteiger partial charge >= 0.3 is 5.97 Å². The van der Waals surface area contributed by atoms with Gasteiger partial charge in [-0.05, 0) is 45.4 Å². The van der Waals surface area contributed by atoms with E-state index in [-0.39, 0.29) is 78.8 Å². The standard InChI is InChI=1S/C46H76N7O23P3S/c1-27(20-31-38(59)37(58)30(22-71-31)13-11-12-28(2)29(3)54)21-34(56)70-18-10-8-6-7-9-14-35(57)80-19-17-48-33(55)15-16-49-44(62)41(61)46(4,5)24-73-79(68,69)76-78(66,67)72-23-32-40(75-77(63,64)65)39(60)45(74-32)53-26-52-36-42(47)50-25-51-43(36)53/h11-12,21,25-26,28-32,37-41,45,54,58-61H,6-10,13-20,22-24H2,1-5H3,(H,48,55)(H,49,62)(H,66,67)(H,68,69)(H2,47,50,51)(H2,63,64,65)/p-4/b12-11+,27-21+/t28-,29+,30+,31+,32-,37-,38+,39-,40-,41+,45-/m1/s1. The van der Waals surface area contributed by atoms with Gasteiger partial charge in [0, 0.05) is 49.1 Å². The molecule has 0 aromatic carbocycles. The minimum absolute atomic E-state index is 0.0311. The van der Waals surface area contributed by atoms with E-state index < -0.39 is 115 Å². The molecule has 2 aromatic rings. The molecule has 80 heavy (non-hydrogen) atoms. The molecule has 13 atom stereocenters. The smallest absolute Gasteiger partial charge is 0.330 e. The number of nitrogens with two attached hydrogens (primary N) is 1. The Morgan fingerprint density at radius 2 is 1.61 bits per heavy atom. The van der Waals surface area contributed by atoms with E-state index in [1.807, 2.05) is 19.1 Å². The average molecular weight is 1220 g/mol. The highest BCUT2D eigenvalue weighted by Gasteiger charge is 2.48. The van der Waals surface area contributed by atoms with E-state index in [1.165, 1.54) is 19.9 Å². The largest absolute Gasteiger partial charge is 0.790 e. The number of phosphoric ester groups is 3. The molecule has 0 aliphatic carbocycles. The highest BCUT2D eigenvalue weighted by molar-refractivity contribution is 8.13. The Balaban J connectivity index is 1.03. The maximum atomic E-state index is 12.7. The summed E-state index contributed by atoms with van der Waals surface area (Å²) >= 11 is 1.05. The molecule has 34 heteroatoms. The fourth-order valence-electron chi connectivity index (χ4n) is 8.00. The fourth-order valence-corrected chi connectivity index (χ4v) is 11.5. The van der Waals surface area contributed by atoms with Gasteiger partial charge in [0.1, 0.15) is 42.4 Å². The Labute approximate surface area is 466 Å². The van der Waals surface area contributed by atoms with Crippen LogP contribution >= 0.6 is 35.2 Å². The lowest BCUT2D eigenvalue weighted by molar-refractivity contribution is -0.347. The molecule has 0 bridgehead atoms. The molecule has 0 saturated carbocycles. The molecule has 4 rings (SSSR count). The van der Waals surface area contributed by atoms with Crippen LogP contribution < -0.4 is 35.9 Å². The number of aliphatic hydroxyl groups is 5. The van der Waals surface area contributed by atoms with Crippen LogP contribution in [0.5, 0.6) is 0 Å². The van der Waals surface area contributed by atoms with Gasteiger partial charge in [-0.1, -0.05) is 69.5 Å². The van der Waals surface area contributed by atoms with Gasteiger partial charge in [0.15, 0.2) is 22.8 Å². The van der Waals surface area contributed by atoms with Crippen LogP contribution in [0.4, 0.5) is 5.82 Å². The highest BCUT2D eigenvalue weighted by atomic mass is 32.2. The Kier molecular flexibility index (Phi) is 27.4. The molecule has 0 spiro atoms. The SMILES string of the molecule is C/C(=C\C(=O)OCCCCCCCC(=O)SCCNC(=O)CCNC(=O)[C@H](O)C(C)(C)COP(=O)([O-])OP(=O)([O-])OC[C@H]1O[C@@H](n2cnc3c(N)ncnc32)[C@H](O)[C@@H]1OP(=O)([O-])[O-])C[C@@H]1OC[C@H](C/C=C/[C@@H](C)[C@H](C)O)[C@@H](O)[C@H]1O. The molecule has 4 heterocycles. The number of aromatic nitrogens is 4. The van der Waals surface area contributed by atoms with E-state index >= 15 is 0 Å². The van der Waals surface area contributed by atoms with Crippen molar-refractivity contribution in [2.75, 3.05) is 51.0 Å². The van der Waals surface area contributed by atoms with Crippen molar-refractivity contribution in [3.05, 3.63) is 36.5 Å². The number of nitrogens with zero attached hydrogens (tertiary/aromatic N) is 4. The van der Waals surface area contributed by atoms with Crippen LogP contribution in [0.25, 0.3) is 11.2 Å². The van der Waals surface area contributed by atoms with E-state index in [0.29, 0.717) is 31.3 Å². The molecule has 9 N–H and O–H groups in total. The van der Waals surface area contributed by atoms with Gasteiger partial charge in [0.05, 0.1) is 58.9 Å². The Hall–Kier alpha value is -3.65. The van der Waals surface area contributed by atoms with Crippen molar-refractivity contribution in [3.63, 3.8) is 0 Å². The van der Waals surface area contributed by atoms with E-state index in [9.17, 15) is 78.0 Å². The molecule has 2 fully saturated rings. The summed E-state index contributed by atoms with van der Waals surface area (Å²) in [4.78, 5) is 110. The molecule has 2 unspecified atom stereocenters. The summed E-state index contributed by atoms with van der Waals surface area (Å²) in [5, 5.41) is 57.3. The average Bonchev–Trinajstić information content (AvgIpc) is 3.93. The minimum atomic E-state index is -5.95. The number of nitrogens with one attached hydrogen (secondary N) is 2. The summed E-state index contributed by atoms with van der Waals surface area (Å²) in [6.45, 7) is 5.68. The van der Waals surface area contributed by atoms with Crippen molar-refractivity contribution in [1.29, 1.82) is 0 Å². The first-order valence-electron chi connectivity index (χ1n) is 25.5. The van der Waals surface area contributed by atoms with Gasteiger partial charge in [0.2, 0.25) is 11.8 Å². The van der Waals surface area contributed by atoms with Crippen molar-refractivity contribution in [2.24, 2.45) is 17.3 Å². The number of phosphoric acid groups is 3. The Morgan fingerprint density at radius 3 is 2.31 bits per heavy atom. The second-order valence-corrected chi connectivity index (χ2v) is 25.2. The molecule has 30 nitrogen and oxygen atoms in total. The summed E-state index contributed by atoms with van der Waals surface area (Å²) in [6.07, 6.45) is -1.29. The van der Waals surface area contributed by atoms with Gasteiger partial charge in [-0.2, -0.15) is 0 Å². The number of anilines is 1. The maximum absolute atomic E-state index is 12.7. The van der Waals surface area contributed by atoms with E-state index in [1.54, 1.807) is 13.8 Å². The Morgan fingerprint density at radius 1 is 0.925 bits per heavy atom. The second kappa shape index (κ2) is 31.9. The molecule has 0 radical (unpaired) electrons. The third-order valence-corrected chi connectivity index (χ3v) is 16.7. The number of hydrogen-bond acceptors (Lipinski definition) is 28. The monoisotopic (exact) mass is 1220 g/mol. The summed E-state index contributed by atoms with van der Waals surface area (Å²) in [5.41, 5.74) is 4.66. The molecule has 2 saturated heterocycles. The minimum Gasteiger partial charge on any atom is -0.790 e. The number of hydrogen-bond donors (Lipinski definition) is 8. The zero-order valence-corrected chi connectivity index (χ0v) is 48.3. The van der Waals surface area contributed by atoms with E-state index in [0.717, 1.165) is 48.2 Å². The maximum Gasteiger partial charge on any atom is 0.330 e. The van der Waals surface area contributed by atoms with Crippen molar-refractivity contribution >= 4 is 75.1 Å². The van der Waals surface area contributed by atoms with Crippen molar-refractivity contribution in [2.45, 2.75) is 147 Å². The fraction of sp³-hybridized carbons (Fsp3) is 0.717. The number of aliphatic hydroxyl groups excluding tert-OH is 5. The topological polar surface area (TPSA) is 471 Å². The first kappa shape index (κ1) is 68.8. The predicted octanol–water partition coefficient (Wildman–Crippen LogP) is -0.943. The number of carbonyl (C=O) groups excluding carboxylic acids is 4. The van der Waals surface area contributed by atoms with Gasteiger partial charge in [-0.3, -0.25) is 28.1 Å². The number of amides is 2. The first-order valence-corrected chi connectivity index (χ1v) is 30.9. The molecule has 2 amide bonds. The zero-order valence-electron chi connectivity index (χ0n) is 44.8. The van der Waals surface area contributed by atoms with E-state index in [4.69, 9.17) is 19.9 Å². The molecule has 2 aromatic heterocycles. The van der Waals surface area contributed by atoms with Crippen LogP contribution in [-0.2, 0) is 65.0 Å². The van der Waals surface area contributed by atoms with Gasteiger partial charge in [-0.15, -0.1) is 0 Å². The predicted molar refractivity (Wildman–Crippen MR) is 275 cm³/mol.